The maximum atomic E-state index is 12.9. The van der Waals surface area contributed by atoms with Crippen molar-refractivity contribution in [2.24, 2.45) is 0 Å². The number of ether oxygens (including phenoxy) is 3. The Bertz CT molecular complexity index is 1270. The smallest absolute Gasteiger partial charge is 0.306 e. The molecule has 6 heteroatoms. The number of rotatable bonds is 59. The van der Waals surface area contributed by atoms with E-state index in [1.165, 1.54) is 212 Å². The lowest BCUT2D eigenvalue weighted by Gasteiger charge is -2.18. The van der Waals surface area contributed by atoms with Crippen LogP contribution in [-0.2, 0) is 28.6 Å². The van der Waals surface area contributed by atoms with Gasteiger partial charge in [-0.25, -0.2) is 0 Å². The summed E-state index contributed by atoms with van der Waals surface area (Å²) in [7, 11) is 0. The summed E-state index contributed by atoms with van der Waals surface area (Å²) in [5, 5.41) is 0. The molecule has 1 unspecified atom stereocenters. The van der Waals surface area contributed by atoms with E-state index in [1.54, 1.807) is 0 Å². The Hall–Kier alpha value is -2.63. The largest absolute Gasteiger partial charge is 0.462 e. The number of unbranched alkanes of at least 4 members (excludes halogenated alkanes) is 40. The van der Waals surface area contributed by atoms with Crippen LogP contribution in [0.1, 0.15) is 342 Å². The highest BCUT2D eigenvalue weighted by atomic mass is 16.6. The van der Waals surface area contributed by atoms with Gasteiger partial charge in [0.05, 0.1) is 0 Å². The Morgan fingerprint density at radius 1 is 0.288 bits per heavy atom. The molecule has 0 radical (unpaired) electrons. The summed E-state index contributed by atoms with van der Waals surface area (Å²) in [5.74, 6) is -0.857. The summed E-state index contributed by atoms with van der Waals surface area (Å²) in [5.41, 5.74) is 0. The molecule has 0 bridgehead atoms. The number of hydrogen-bond acceptors (Lipinski definition) is 6. The molecule has 426 valence electrons. The zero-order chi connectivity index (χ0) is 52.9. The first-order chi connectivity index (χ1) is 36.0. The zero-order valence-corrected chi connectivity index (χ0v) is 48.9. The molecule has 0 aromatic rings. The predicted octanol–water partition coefficient (Wildman–Crippen LogP) is 21.8. The van der Waals surface area contributed by atoms with Crippen molar-refractivity contribution in [1.29, 1.82) is 0 Å². The molecule has 6 nitrogen and oxygen atoms in total. The fraction of sp³-hybridized carbons (Fsp3) is 0.836. The zero-order valence-electron chi connectivity index (χ0n) is 48.9. The number of hydrogen-bond donors (Lipinski definition) is 0. The molecule has 0 heterocycles. The van der Waals surface area contributed by atoms with Gasteiger partial charge in [-0.2, -0.15) is 0 Å². The first-order valence-corrected chi connectivity index (χ1v) is 32.1. The Morgan fingerprint density at radius 3 is 0.836 bits per heavy atom. The van der Waals surface area contributed by atoms with Crippen LogP contribution < -0.4 is 0 Å². The van der Waals surface area contributed by atoms with E-state index in [-0.39, 0.29) is 31.1 Å². The second-order valence-corrected chi connectivity index (χ2v) is 21.7. The lowest BCUT2D eigenvalue weighted by molar-refractivity contribution is -0.167. The van der Waals surface area contributed by atoms with Gasteiger partial charge in [0, 0.05) is 19.3 Å². The minimum absolute atomic E-state index is 0.0714. The van der Waals surface area contributed by atoms with E-state index in [0.29, 0.717) is 19.3 Å². The summed E-state index contributed by atoms with van der Waals surface area (Å²) in [6.45, 7) is 6.58. The highest BCUT2D eigenvalue weighted by molar-refractivity contribution is 5.71. The van der Waals surface area contributed by atoms with Gasteiger partial charge in [-0.3, -0.25) is 14.4 Å². The van der Waals surface area contributed by atoms with Crippen molar-refractivity contribution in [3.8, 4) is 0 Å². The van der Waals surface area contributed by atoms with E-state index in [9.17, 15) is 14.4 Å². The molecule has 0 fully saturated rings. The third-order valence-electron chi connectivity index (χ3n) is 14.3. The SMILES string of the molecule is CC/C=C\C/C=C\C/C=C\C/C=C\CCCCCCCCCCC(=O)OC(COC(=O)CCCCCCCCCCCCCC)COC(=O)CCCCCCCCCCCCCCCCCCCCCCCC. The quantitative estimate of drug-likeness (QED) is 0.0261. The summed E-state index contributed by atoms with van der Waals surface area (Å²) in [6.07, 6.45) is 76.9. The van der Waals surface area contributed by atoms with Crippen molar-refractivity contribution >= 4 is 17.9 Å². The van der Waals surface area contributed by atoms with Crippen molar-refractivity contribution < 1.29 is 28.6 Å². The summed E-state index contributed by atoms with van der Waals surface area (Å²) < 4.78 is 16.9. The second-order valence-electron chi connectivity index (χ2n) is 21.7. The molecule has 0 saturated carbocycles. The maximum Gasteiger partial charge on any atom is 0.306 e. The molecule has 0 spiro atoms. The van der Waals surface area contributed by atoms with Crippen molar-refractivity contribution in [3.63, 3.8) is 0 Å². The standard InChI is InChI=1S/C67H122O6/c1-4-7-10-13-16-19-22-25-27-29-31-33-35-36-38-40-42-45-48-51-54-57-60-66(69)72-63-64(62-71-65(68)59-56-53-50-47-44-24-21-18-15-12-9-6-3)73-67(70)61-58-55-52-49-46-43-41-39-37-34-32-30-28-26-23-20-17-14-11-8-5-2/h8,11,17,20,26,28,32,34,64H,4-7,9-10,12-16,18-19,21-25,27,29-31,33,35-63H2,1-3H3/b11-8-,20-17-,28-26-,34-32-. The normalized spacial score (nSPS) is 12.3. The van der Waals surface area contributed by atoms with Crippen LogP contribution in [0.3, 0.4) is 0 Å². The molecule has 0 saturated heterocycles. The van der Waals surface area contributed by atoms with Gasteiger partial charge in [-0.15, -0.1) is 0 Å². The van der Waals surface area contributed by atoms with E-state index >= 15 is 0 Å². The van der Waals surface area contributed by atoms with Gasteiger partial charge in [-0.1, -0.05) is 313 Å². The molecule has 0 aliphatic heterocycles. The summed E-state index contributed by atoms with van der Waals surface area (Å²) >= 11 is 0. The molecule has 73 heavy (non-hydrogen) atoms. The molecule has 0 N–H and O–H groups in total. The van der Waals surface area contributed by atoms with Crippen molar-refractivity contribution in [2.75, 3.05) is 13.2 Å². The van der Waals surface area contributed by atoms with Crippen LogP contribution in [0.15, 0.2) is 48.6 Å². The lowest BCUT2D eigenvalue weighted by Crippen LogP contribution is -2.30. The highest BCUT2D eigenvalue weighted by Crippen LogP contribution is 2.18. The number of esters is 3. The summed E-state index contributed by atoms with van der Waals surface area (Å²) in [4.78, 5) is 38.3. The van der Waals surface area contributed by atoms with E-state index in [2.05, 4.69) is 69.4 Å². The Kier molecular flexibility index (Phi) is 59.7. The van der Waals surface area contributed by atoms with Crippen LogP contribution in [0, 0.1) is 0 Å². The summed E-state index contributed by atoms with van der Waals surface area (Å²) in [6, 6.07) is 0. The third-order valence-corrected chi connectivity index (χ3v) is 14.3. The van der Waals surface area contributed by atoms with E-state index in [4.69, 9.17) is 14.2 Å². The maximum absolute atomic E-state index is 12.9. The Labute approximate surface area is 454 Å². The molecule has 0 rings (SSSR count). The Morgan fingerprint density at radius 2 is 0.534 bits per heavy atom. The van der Waals surface area contributed by atoms with Gasteiger partial charge >= 0.3 is 17.9 Å². The highest BCUT2D eigenvalue weighted by Gasteiger charge is 2.19. The number of carbonyl (C=O) groups is 3. The number of allylic oxidation sites excluding steroid dienone is 8. The molecule has 0 aromatic carbocycles. The van der Waals surface area contributed by atoms with Gasteiger partial charge < -0.3 is 14.2 Å². The van der Waals surface area contributed by atoms with Crippen LogP contribution in [0.4, 0.5) is 0 Å². The molecule has 1 atom stereocenters. The minimum Gasteiger partial charge on any atom is -0.462 e. The van der Waals surface area contributed by atoms with Crippen LogP contribution in [0.2, 0.25) is 0 Å². The molecular formula is C67H122O6. The van der Waals surface area contributed by atoms with Gasteiger partial charge in [0.15, 0.2) is 6.10 Å². The average Bonchev–Trinajstić information content (AvgIpc) is 3.39. The minimum atomic E-state index is -0.774. The van der Waals surface area contributed by atoms with Crippen molar-refractivity contribution in [3.05, 3.63) is 48.6 Å². The molecule has 0 aromatic heterocycles. The lowest BCUT2D eigenvalue weighted by atomic mass is 10.0. The average molecular weight is 1020 g/mol. The first-order valence-electron chi connectivity index (χ1n) is 32.1. The molecule has 0 amide bonds. The monoisotopic (exact) mass is 1020 g/mol. The van der Waals surface area contributed by atoms with Gasteiger partial charge in [0.1, 0.15) is 13.2 Å². The van der Waals surface area contributed by atoms with Gasteiger partial charge in [0.25, 0.3) is 0 Å². The fourth-order valence-electron chi connectivity index (χ4n) is 9.56. The first kappa shape index (κ1) is 70.4. The van der Waals surface area contributed by atoms with E-state index in [0.717, 1.165) is 89.9 Å². The predicted molar refractivity (Wildman–Crippen MR) is 316 cm³/mol. The second kappa shape index (κ2) is 61.9. The van der Waals surface area contributed by atoms with E-state index in [1.807, 2.05) is 0 Å². The fourth-order valence-corrected chi connectivity index (χ4v) is 9.56. The number of carbonyl (C=O) groups excluding carboxylic acids is 3. The van der Waals surface area contributed by atoms with Gasteiger partial charge in [-0.05, 0) is 57.8 Å². The third kappa shape index (κ3) is 60.1. The topological polar surface area (TPSA) is 78.9 Å². The van der Waals surface area contributed by atoms with E-state index < -0.39 is 6.10 Å². The molecule has 0 aliphatic carbocycles. The van der Waals surface area contributed by atoms with Crippen LogP contribution in [-0.4, -0.2) is 37.2 Å². The Balaban J connectivity index is 4.27. The van der Waals surface area contributed by atoms with Crippen molar-refractivity contribution in [1.82, 2.24) is 0 Å². The van der Waals surface area contributed by atoms with Crippen LogP contribution >= 0.6 is 0 Å². The van der Waals surface area contributed by atoms with Crippen LogP contribution in [0.25, 0.3) is 0 Å². The van der Waals surface area contributed by atoms with Crippen molar-refractivity contribution in [2.45, 2.75) is 348 Å². The van der Waals surface area contributed by atoms with Crippen LogP contribution in [0.5, 0.6) is 0 Å². The molecular weight excluding hydrogens is 901 g/mol. The molecule has 0 aliphatic rings. The van der Waals surface area contributed by atoms with Gasteiger partial charge in [0.2, 0.25) is 0 Å².